The van der Waals surface area contributed by atoms with Crippen LogP contribution in [0.3, 0.4) is 0 Å². The summed E-state index contributed by atoms with van der Waals surface area (Å²) < 4.78 is 5.22. The van der Waals surface area contributed by atoms with Crippen LogP contribution in [0, 0.1) is 0 Å². The number of ether oxygens (including phenoxy) is 1. The smallest absolute Gasteiger partial charge is 0.254 e. The predicted octanol–water partition coefficient (Wildman–Crippen LogP) is 2.75. The van der Waals surface area contributed by atoms with E-state index in [1.807, 2.05) is 11.0 Å². The highest BCUT2D eigenvalue weighted by molar-refractivity contribution is 5.83. The van der Waals surface area contributed by atoms with E-state index in [-0.39, 0.29) is 18.1 Å². The second-order valence-electron chi connectivity index (χ2n) is 6.01. The molecule has 2 heterocycles. The number of hydrogen-bond donors (Lipinski definition) is 0. The van der Waals surface area contributed by atoms with Crippen LogP contribution in [-0.2, 0) is 22.4 Å². The van der Waals surface area contributed by atoms with Gasteiger partial charge < -0.3 is 9.64 Å². The number of epoxide rings is 1. The molecule has 2 atom stereocenters. The second-order valence-corrected chi connectivity index (χ2v) is 6.01. The molecule has 1 fully saturated rings. The Bertz CT molecular complexity index is 679. The zero-order valence-electron chi connectivity index (χ0n) is 12.4. The number of carbonyl (C=O) groups is 1. The van der Waals surface area contributed by atoms with Crippen molar-refractivity contribution in [3.8, 4) is 0 Å². The van der Waals surface area contributed by atoms with Crippen molar-refractivity contribution in [3.63, 3.8) is 0 Å². The Morgan fingerprint density at radius 2 is 1.82 bits per heavy atom. The van der Waals surface area contributed by atoms with Gasteiger partial charge in [-0.2, -0.15) is 0 Å². The van der Waals surface area contributed by atoms with E-state index < -0.39 is 0 Å². The highest BCUT2D eigenvalue weighted by Gasteiger charge is 2.39. The molecule has 1 saturated heterocycles. The summed E-state index contributed by atoms with van der Waals surface area (Å²) in [5.74, 6) is 0.149. The van der Waals surface area contributed by atoms with Crippen molar-refractivity contribution in [1.82, 2.24) is 4.90 Å². The van der Waals surface area contributed by atoms with Crippen LogP contribution >= 0.6 is 0 Å². The first-order valence-corrected chi connectivity index (χ1v) is 7.87. The van der Waals surface area contributed by atoms with Crippen molar-refractivity contribution in [1.29, 1.82) is 0 Å². The van der Waals surface area contributed by atoms with Gasteiger partial charge in [0.15, 0.2) is 6.10 Å². The maximum absolute atomic E-state index is 12.6. The van der Waals surface area contributed by atoms with Crippen molar-refractivity contribution < 1.29 is 9.53 Å². The summed E-state index contributed by atoms with van der Waals surface area (Å²) in [6.07, 6.45) is 1.58. The van der Waals surface area contributed by atoms with Gasteiger partial charge in [-0.1, -0.05) is 54.6 Å². The highest BCUT2D eigenvalue weighted by atomic mass is 16.6. The van der Waals surface area contributed by atoms with E-state index in [4.69, 9.17) is 4.74 Å². The summed E-state index contributed by atoms with van der Waals surface area (Å²) in [5.41, 5.74) is 3.91. The SMILES string of the molecule is O=C(C1CO1)N1CCc2ccccc2C1Cc1ccccc1. The van der Waals surface area contributed by atoms with E-state index in [2.05, 4.69) is 48.5 Å². The molecule has 3 nitrogen and oxygen atoms in total. The average Bonchev–Trinajstić information content (AvgIpc) is 3.40. The number of nitrogens with zero attached hydrogens (tertiary/aromatic N) is 1. The Hall–Kier alpha value is -2.13. The molecule has 0 N–H and O–H groups in total. The summed E-state index contributed by atoms with van der Waals surface area (Å²) in [6.45, 7) is 1.36. The fraction of sp³-hybridized carbons (Fsp3) is 0.316. The first-order valence-electron chi connectivity index (χ1n) is 7.87. The summed E-state index contributed by atoms with van der Waals surface area (Å²) in [4.78, 5) is 14.6. The molecular weight excluding hydrogens is 274 g/mol. The summed E-state index contributed by atoms with van der Waals surface area (Å²) in [7, 11) is 0. The van der Waals surface area contributed by atoms with Crippen molar-refractivity contribution >= 4 is 5.91 Å². The van der Waals surface area contributed by atoms with E-state index in [9.17, 15) is 4.79 Å². The third kappa shape index (κ3) is 2.53. The van der Waals surface area contributed by atoms with Crippen LogP contribution in [0.15, 0.2) is 54.6 Å². The maximum atomic E-state index is 12.6. The summed E-state index contributed by atoms with van der Waals surface area (Å²) >= 11 is 0. The first-order chi connectivity index (χ1) is 10.8. The van der Waals surface area contributed by atoms with Crippen LogP contribution < -0.4 is 0 Å². The van der Waals surface area contributed by atoms with Crippen molar-refractivity contribution in [3.05, 3.63) is 71.3 Å². The molecule has 0 saturated carbocycles. The van der Waals surface area contributed by atoms with Crippen molar-refractivity contribution in [2.45, 2.75) is 25.0 Å². The Kier molecular flexibility index (Phi) is 3.43. The number of carbonyl (C=O) groups excluding carboxylic acids is 1. The van der Waals surface area contributed by atoms with Crippen LogP contribution in [0.1, 0.15) is 22.7 Å². The molecule has 3 heteroatoms. The van der Waals surface area contributed by atoms with Crippen molar-refractivity contribution in [2.24, 2.45) is 0 Å². The molecule has 2 aromatic carbocycles. The monoisotopic (exact) mass is 293 g/mol. The Morgan fingerprint density at radius 1 is 1.09 bits per heavy atom. The molecule has 4 rings (SSSR count). The Labute approximate surface area is 130 Å². The maximum Gasteiger partial charge on any atom is 0.254 e. The molecule has 2 aliphatic rings. The van der Waals surface area contributed by atoms with E-state index >= 15 is 0 Å². The van der Waals surface area contributed by atoms with Gasteiger partial charge in [0.25, 0.3) is 5.91 Å². The lowest BCUT2D eigenvalue weighted by Gasteiger charge is -2.37. The van der Waals surface area contributed by atoms with Crippen LogP contribution in [0.4, 0.5) is 0 Å². The molecular formula is C19H19NO2. The standard InChI is InChI=1S/C19H19NO2/c21-19(18-13-22-18)20-11-10-15-8-4-5-9-16(15)17(20)12-14-6-2-1-3-7-14/h1-9,17-18H,10-13H2. The van der Waals surface area contributed by atoms with Gasteiger partial charge in [0.1, 0.15) is 0 Å². The number of fused-ring (bicyclic) bond motifs is 1. The quantitative estimate of drug-likeness (QED) is 0.815. The van der Waals surface area contributed by atoms with Gasteiger partial charge in [0, 0.05) is 6.54 Å². The van der Waals surface area contributed by atoms with E-state index in [1.54, 1.807) is 0 Å². The zero-order chi connectivity index (χ0) is 14.9. The Balaban J connectivity index is 1.68. The normalized spacial score (nSPS) is 23.0. The summed E-state index contributed by atoms with van der Waals surface area (Å²) in [6, 6.07) is 19.0. The topological polar surface area (TPSA) is 32.8 Å². The van der Waals surface area contributed by atoms with E-state index in [0.717, 1.165) is 19.4 Å². The zero-order valence-corrected chi connectivity index (χ0v) is 12.4. The number of amides is 1. The third-order valence-electron chi connectivity index (χ3n) is 4.58. The molecule has 0 spiro atoms. The molecule has 0 aliphatic carbocycles. The summed E-state index contributed by atoms with van der Waals surface area (Å²) in [5, 5.41) is 0. The minimum absolute atomic E-state index is 0.115. The molecule has 22 heavy (non-hydrogen) atoms. The van der Waals surface area contributed by atoms with Crippen LogP contribution in [0.25, 0.3) is 0 Å². The number of hydrogen-bond acceptors (Lipinski definition) is 2. The van der Waals surface area contributed by atoms with E-state index in [1.165, 1.54) is 16.7 Å². The molecule has 112 valence electrons. The molecule has 0 radical (unpaired) electrons. The predicted molar refractivity (Wildman–Crippen MR) is 84.5 cm³/mol. The van der Waals surface area contributed by atoms with Crippen LogP contribution in [-0.4, -0.2) is 30.1 Å². The molecule has 0 bridgehead atoms. The lowest BCUT2D eigenvalue weighted by Crippen LogP contribution is -2.43. The van der Waals surface area contributed by atoms with Crippen molar-refractivity contribution in [2.75, 3.05) is 13.2 Å². The number of rotatable bonds is 3. The van der Waals surface area contributed by atoms with Crippen LogP contribution in [0.5, 0.6) is 0 Å². The van der Waals surface area contributed by atoms with Gasteiger partial charge in [-0.3, -0.25) is 4.79 Å². The Morgan fingerprint density at radius 3 is 2.59 bits per heavy atom. The fourth-order valence-corrected chi connectivity index (χ4v) is 3.35. The fourth-order valence-electron chi connectivity index (χ4n) is 3.35. The molecule has 2 aliphatic heterocycles. The second kappa shape index (κ2) is 5.58. The van der Waals surface area contributed by atoms with Gasteiger partial charge in [0.05, 0.1) is 12.6 Å². The minimum atomic E-state index is -0.205. The van der Waals surface area contributed by atoms with E-state index in [0.29, 0.717) is 6.61 Å². The van der Waals surface area contributed by atoms with Gasteiger partial charge in [-0.05, 0) is 29.5 Å². The van der Waals surface area contributed by atoms with Gasteiger partial charge >= 0.3 is 0 Å². The molecule has 0 aromatic heterocycles. The van der Waals surface area contributed by atoms with Gasteiger partial charge in [0.2, 0.25) is 0 Å². The molecule has 2 aromatic rings. The third-order valence-corrected chi connectivity index (χ3v) is 4.58. The van der Waals surface area contributed by atoms with Crippen LogP contribution in [0.2, 0.25) is 0 Å². The van der Waals surface area contributed by atoms with Gasteiger partial charge in [-0.25, -0.2) is 0 Å². The average molecular weight is 293 g/mol. The molecule has 1 amide bonds. The largest absolute Gasteiger partial charge is 0.363 e. The highest BCUT2D eigenvalue weighted by Crippen LogP contribution is 2.34. The van der Waals surface area contributed by atoms with Gasteiger partial charge in [-0.15, -0.1) is 0 Å². The lowest BCUT2D eigenvalue weighted by molar-refractivity contribution is -0.135. The number of benzene rings is 2. The minimum Gasteiger partial charge on any atom is -0.363 e. The lowest BCUT2D eigenvalue weighted by atomic mass is 9.88. The molecule has 2 unspecified atom stereocenters. The first kappa shape index (κ1) is 13.5.